The second-order valence-corrected chi connectivity index (χ2v) is 6.32. The summed E-state index contributed by atoms with van der Waals surface area (Å²) in [6, 6.07) is 3.12. The second kappa shape index (κ2) is 6.42. The third kappa shape index (κ3) is 3.73. The number of pyridine rings is 1. The SMILES string of the molecule is NCc1ncccc1S(=O)(=O)NCC1CCCOC1. The van der Waals surface area contributed by atoms with E-state index in [1.165, 1.54) is 12.3 Å². The normalized spacial score (nSPS) is 20.4. The predicted octanol–water partition coefficient (Wildman–Crippen LogP) is 0.245. The van der Waals surface area contributed by atoms with Crippen molar-refractivity contribution in [3.8, 4) is 0 Å². The van der Waals surface area contributed by atoms with Gasteiger partial charge in [-0.25, -0.2) is 13.1 Å². The lowest BCUT2D eigenvalue weighted by molar-refractivity contribution is 0.0568. The summed E-state index contributed by atoms with van der Waals surface area (Å²) in [5.41, 5.74) is 5.90. The minimum atomic E-state index is -3.55. The highest BCUT2D eigenvalue weighted by molar-refractivity contribution is 7.89. The average Bonchev–Trinajstić information content (AvgIpc) is 2.46. The van der Waals surface area contributed by atoms with Crippen molar-refractivity contribution in [3.05, 3.63) is 24.0 Å². The van der Waals surface area contributed by atoms with Gasteiger partial charge in [-0.3, -0.25) is 4.98 Å². The Kier molecular flexibility index (Phi) is 4.87. The highest BCUT2D eigenvalue weighted by Gasteiger charge is 2.21. The van der Waals surface area contributed by atoms with E-state index in [1.54, 1.807) is 6.07 Å². The van der Waals surface area contributed by atoms with E-state index in [2.05, 4.69) is 9.71 Å². The average molecular weight is 285 g/mol. The summed E-state index contributed by atoms with van der Waals surface area (Å²) in [6.07, 6.45) is 3.50. The molecule has 19 heavy (non-hydrogen) atoms. The molecule has 0 spiro atoms. The van der Waals surface area contributed by atoms with Gasteiger partial charge in [-0.05, 0) is 30.9 Å². The van der Waals surface area contributed by atoms with Crippen LogP contribution in [0.3, 0.4) is 0 Å². The lowest BCUT2D eigenvalue weighted by Crippen LogP contribution is -2.34. The van der Waals surface area contributed by atoms with Crippen molar-refractivity contribution in [1.29, 1.82) is 0 Å². The molecule has 0 amide bonds. The minimum absolute atomic E-state index is 0.101. The van der Waals surface area contributed by atoms with Crippen molar-refractivity contribution in [2.75, 3.05) is 19.8 Å². The molecule has 2 heterocycles. The van der Waals surface area contributed by atoms with Crippen molar-refractivity contribution >= 4 is 10.0 Å². The molecule has 1 saturated heterocycles. The standard InChI is InChI=1S/C12H19N3O3S/c13-7-11-12(4-1-5-14-11)19(16,17)15-8-10-3-2-6-18-9-10/h1,4-5,10,15H,2-3,6-9,13H2. The van der Waals surface area contributed by atoms with E-state index in [0.717, 1.165) is 19.4 Å². The maximum absolute atomic E-state index is 12.2. The van der Waals surface area contributed by atoms with E-state index in [4.69, 9.17) is 10.5 Å². The number of nitrogens with zero attached hydrogens (tertiary/aromatic N) is 1. The fraction of sp³-hybridized carbons (Fsp3) is 0.583. The van der Waals surface area contributed by atoms with Crippen LogP contribution in [-0.4, -0.2) is 33.2 Å². The molecule has 1 atom stereocenters. The number of rotatable bonds is 5. The van der Waals surface area contributed by atoms with E-state index in [1.807, 2.05) is 0 Å². The van der Waals surface area contributed by atoms with E-state index >= 15 is 0 Å². The maximum atomic E-state index is 12.2. The molecule has 7 heteroatoms. The van der Waals surface area contributed by atoms with Crippen LogP contribution in [0.1, 0.15) is 18.5 Å². The van der Waals surface area contributed by atoms with Gasteiger partial charge in [0.1, 0.15) is 4.90 Å². The number of aromatic nitrogens is 1. The topological polar surface area (TPSA) is 94.3 Å². The second-order valence-electron chi connectivity index (χ2n) is 4.59. The van der Waals surface area contributed by atoms with Crippen LogP contribution >= 0.6 is 0 Å². The minimum Gasteiger partial charge on any atom is -0.381 e. The molecule has 0 saturated carbocycles. The largest absolute Gasteiger partial charge is 0.381 e. The van der Waals surface area contributed by atoms with Crippen molar-refractivity contribution in [1.82, 2.24) is 9.71 Å². The first kappa shape index (κ1) is 14.4. The van der Waals surface area contributed by atoms with Crippen LogP contribution in [-0.2, 0) is 21.3 Å². The zero-order chi connectivity index (χ0) is 13.7. The van der Waals surface area contributed by atoms with Crippen molar-refractivity contribution in [2.24, 2.45) is 11.7 Å². The summed E-state index contributed by atoms with van der Waals surface area (Å²) < 4.78 is 32.4. The van der Waals surface area contributed by atoms with Gasteiger partial charge in [0.25, 0.3) is 0 Å². The van der Waals surface area contributed by atoms with Crippen LogP contribution in [0, 0.1) is 5.92 Å². The molecule has 1 aliphatic rings. The molecule has 1 fully saturated rings. The van der Waals surface area contributed by atoms with Crippen LogP contribution in [0.5, 0.6) is 0 Å². The third-order valence-corrected chi connectivity index (χ3v) is 4.65. The van der Waals surface area contributed by atoms with Crippen molar-refractivity contribution in [2.45, 2.75) is 24.3 Å². The lowest BCUT2D eigenvalue weighted by atomic mass is 10.0. The molecule has 1 aliphatic heterocycles. The molecule has 0 aromatic carbocycles. The first-order chi connectivity index (χ1) is 9.13. The van der Waals surface area contributed by atoms with Crippen LogP contribution in [0.15, 0.2) is 23.2 Å². The van der Waals surface area contributed by atoms with Gasteiger partial charge in [-0.1, -0.05) is 0 Å². The van der Waals surface area contributed by atoms with Gasteiger partial charge in [-0.15, -0.1) is 0 Å². The zero-order valence-electron chi connectivity index (χ0n) is 10.7. The van der Waals surface area contributed by atoms with Crippen molar-refractivity contribution < 1.29 is 13.2 Å². The first-order valence-electron chi connectivity index (χ1n) is 6.35. The number of ether oxygens (including phenoxy) is 1. The Balaban J connectivity index is 2.05. The van der Waals surface area contributed by atoms with Gasteiger partial charge < -0.3 is 10.5 Å². The van der Waals surface area contributed by atoms with Gasteiger partial charge in [0.05, 0.1) is 12.3 Å². The quantitative estimate of drug-likeness (QED) is 0.808. The number of hydrogen-bond acceptors (Lipinski definition) is 5. The van der Waals surface area contributed by atoms with Crippen LogP contribution in [0.2, 0.25) is 0 Å². The summed E-state index contributed by atoms with van der Waals surface area (Å²) in [6.45, 7) is 1.87. The Morgan fingerprint density at radius 2 is 2.37 bits per heavy atom. The molecule has 6 nitrogen and oxygen atoms in total. The predicted molar refractivity (Wildman–Crippen MR) is 70.9 cm³/mol. The summed E-state index contributed by atoms with van der Waals surface area (Å²) in [4.78, 5) is 4.15. The van der Waals surface area contributed by atoms with E-state index in [-0.39, 0.29) is 17.4 Å². The molecule has 2 rings (SSSR count). The molecule has 106 valence electrons. The number of sulfonamides is 1. The number of nitrogens with two attached hydrogens (primary N) is 1. The first-order valence-corrected chi connectivity index (χ1v) is 7.83. The Hall–Kier alpha value is -1.02. The fourth-order valence-corrected chi connectivity index (χ4v) is 3.41. The van der Waals surface area contributed by atoms with E-state index in [0.29, 0.717) is 18.8 Å². The Bertz CT molecular complexity index is 513. The van der Waals surface area contributed by atoms with Gasteiger partial charge in [-0.2, -0.15) is 0 Å². The van der Waals surface area contributed by atoms with Gasteiger partial charge in [0.2, 0.25) is 10.0 Å². The monoisotopic (exact) mass is 285 g/mol. The van der Waals surface area contributed by atoms with Crippen LogP contribution in [0.4, 0.5) is 0 Å². The molecule has 1 aromatic heterocycles. The third-order valence-electron chi connectivity index (χ3n) is 3.15. The Labute approximate surface area is 113 Å². The Morgan fingerprint density at radius 1 is 1.53 bits per heavy atom. The smallest absolute Gasteiger partial charge is 0.242 e. The van der Waals surface area contributed by atoms with Crippen LogP contribution < -0.4 is 10.5 Å². The van der Waals surface area contributed by atoms with E-state index < -0.39 is 10.0 Å². The lowest BCUT2D eigenvalue weighted by Gasteiger charge is -2.22. The molecule has 1 unspecified atom stereocenters. The Morgan fingerprint density at radius 3 is 3.05 bits per heavy atom. The van der Waals surface area contributed by atoms with Gasteiger partial charge in [0.15, 0.2) is 0 Å². The van der Waals surface area contributed by atoms with Crippen molar-refractivity contribution in [3.63, 3.8) is 0 Å². The molecule has 1 aromatic rings. The molecule has 0 radical (unpaired) electrons. The molecule has 0 aliphatic carbocycles. The highest BCUT2D eigenvalue weighted by atomic mass is 32.2. The molecule has 0 bridgehead atoms. The van der Waals surface area contributed by atoms with E-state index in [9.17, 15) is 8.42 Å². The maximum Gasteiger partial charge on any atom is 0.242 e. The summed E-state index contributed by atoms with van der Waals surface area (Å²) >= 11 is 0. The fourth-order valence-electron chi connectivity index (χ4n) is 2.09. The number of nitrogens with one attached hydrogen (secondary N) is 1. The highest BCUT2D eigenvalue weighted by Crippen LogP contribution is 2.15. The summed E-state index contributed by atoms with van der Waals surface area (Å²) in [5, 5.41) is 0. The van der Waals surface area contributed by atoms with Gasteiger partial charge >= 0.3 is 0 Å². The zero-order valence-corrected chi connectivity index (χ0v) is 11.5. The van der Waals surface area contributed by atoms with Crippen LogP contribution in [0.25, 0.3) is 0 Å². The molecular weight excluding hydrogens is 266 g/mol. The summed E-state index contributed by atoms with van der Waals surface area (Å²) in [5.74, 6) is 0.238. The molecule has 3 N–H and O–H groups in total. The summed E-state index contributed by atoms with van der Waals surface area (Å²) in [7, 11) is -3.55. The van der Waals surface area contributed by atoms with Gasteiger partial charge in [0, 0.05) is 25.9 Å². The number of hydrogen-bond donors (Lipinski definition) is 2. The molecular formula is C12H19N3O3S.